The molecule has 2 aromatic carbocycles. The molecule has 0 bridgehead atoms. The molecule has 0 aromatic heterocycles. The van der Waals surface area contributed by atoms with Crippen LogP contribution in [0.1, 0.15) is 15.9 Å². The van der Waals surface area contributed by atoms with Gasteiger partial charge < -0.3 is 19.7 Å². The van der Waals surface area contributed by atoms with Gasteiger partial charge >= 0.3 is 0 Å². The van der Waals surface area contributed by atoms with Gasteiger partial charge in [-0.15, -0.1) is 0 Å². The van der Waals surface area contributed by atoms with Crippen LogP contribution in [0, 0.1) is 11.3 Å². The Balaban J connectivity index is 2.13. The van der Waals surface area contributed by atoms with Crippen molar-refractivity contribution in [2.24, 2.45) is 0 Å². The maximum Gasteiger partial charge on any atom is 0.203 e. The maximum atomic E-state index is 12.0. The number of Topliss-reactive ketones (excluding diaryl/α,β-unsaturated/α-hetero) is 1. The Kier molecular flexibility index (Phi) is 4.49. The molecule has 0 aliphatic heterocycles. The highest BCUT2D eigenvalue weighted by Crippen LogP contribution is 2.28. The first kappa shape index (κ1) is 15.2. The molecule has 2 rings (SSSR count). The second kappa shape index (κ2) is 6.50. The number of nitrogens with zero attached hydrogens (tertiary/aromatic N) is 1. The van der Waals surface area contributed by atoms with Gasteiger partial charge in [-0.2, -0.15) is 5.26 Å². The number of ketones is 1. The average molecular weight is 299 g/mol. The van der Waals surface area contributed by atoms with Crippen LogP contribution in [0.25, 0.3) is 0 Å². The van der Waals surface area contributed by atoms with Crippen molar-refractivity contribution >= 4 is 5.78 Å². The lowest BCUT2D eigenvalue weighted by molar-refractivity contribution is 0.0917. The third-order valence-corrected chi connectivity index (χ3v) is 2.93. The van der Waals surface area contributed by atoms with Gasteiger partial charge in [0, 0.05) is 12.1 Å². The molecule has 0 atom stereocenters. The van der Waals surface area contributed by atoms with Crippen LogP contribution in [0.15, 0.2) is 36.4 Å². The topological polar surface area (TPSA) is 99.8 Å². The first-order valence-corrected chi connectivity index (χ1v) is 6.31. The number of methoxy groups -OCH3 is 1. The summed E-state index contributed by atoms with van der Waals surface area (Å²) in [7, 11) is 1.43. The summed E-state index contributed by atoms with van der Waals surface area (Å²) in [5.74, 6) is -0.261. The quantitative estimate of drug-likeness (QED) is 0.821. The highest BCUT2D eigenvalue weighted by Gasteiger charge is 2.14. The van der Waals surface area contributed by atoms with Crippen molar-refractivity contribution in [3.8, 4) is 29.1 Å². The van der Waals surface area contributed by atoms with Crippen molar-refractivity contribution in [1.29, 1.82) is 5.26 Å². The van der Waals surface area contributed by atoms with Crippen LogP contribution in [0.5, 0.6) is 23.0 Å². The fourth-order valence-corrected chi connectivity index (χ4v) is 1.83. The molecule has 0 saturated carbocycles. The molecule has 6 heteroatoms. The zero-order valence-electron chi connectivity index (χ0n) is 11.7. The number of hydrogen-bond donors (Lipinski definition) is 2. The first-order valence-electron chi connectivity index (χ1n) is 6.31. The Morgan fingerprint density at radius 1 is 1.18 bits per heavy atom. The number of phenols is 2. The van der Waals surface area contributed by atoms with Crippen LogP contribution in [0.2, 0.25) is 0 Å². The van der Waals surface area contributed by atoms with Crippen LogP contribution in [0.3, 0.4) is 0 Å². The van der Waals surface area contributed by atoms with Gasteiger partial charge in [-0.25, -0.2) is 0 Å². The Bertz CT molecular complexity index is 749. The largest absolute Gasteiger partial charge is 0.508 e. The summed E-state index contributed by atoms with van der Waals surface area (Å²) in [6.45, 7) is -0.319. The second-order valence-corrected chi connectivity index (χ2v) is 4.39. The van der Waals surface area contributed by atoms with Gasteiger partial charge in [-0.05, 0) is 24.3 Å². The number of carbonyl (C=O) groups excluding carboxylic acids is 1. The predicted octanol–water partition coefficient (Wildman–Crippen LogP) is 2.24. The maximum absolute atomic E-state index is 12.0. The van der Waals surface area contributed by atoms with Crippen LogP contribution >= 0.6 is 0 Å². The fourth-order valence-electron chi connectivity index (χ4n) is 1.83. The highest BCUT2D eigenvalue weighted by atomic mass is 16.5. The Morgan fingerprint density at radius 2 is 1.95 bits per heavy atom. The van der Waals surface area contributed by atoms with E-state index in [1.54, 1.807) is 6.07 Å². The lowest BCUT2D eigenvalue weighted by Gasteiger charge is -2.10. The van der Waals surface area contributed by atoms with E-state index >= 15 is 0 Å². The molecule has 0 aliphatic rings. The minimum Gasteiger partial charge on any atom is -0.508 e. The second-order valence-electron chi connectivity index (χ2n) is 4.39. The van der Waals surface area contributed by atoms with Crippen molar-refractivity contribution in [2.45, 2.75) is 0 Å². The lowest BCUT2D eigenvalue weighted by atomic mass is 10.1. The molecule has 0 heterocycles. The number of carbonyl (C=O) groups is 1. The summed E-state index contributed by atoms with van der Waals surface area (Å²) in [4.78, 5) is 12.0. The molecule has 6 nitrogen and oxygen atoms in total. The molecule has 2 N–H and O–H groups in total. The summed E-state index contributed by atoms with van der Waals surface area (Å²) < 4.78 is 10.5. The van der Waals surface area contributed by atoms with Crippen LogP contribution < -0.4 is 9.47 Å². The third kappa shape index (κ3) is 3.27. The van der Waals surface area contributed by atoms with E-state index in [-0.39, 0.29) is 23.7 Å². The molecule has 0 spiro atoms. The van der Waals surface area contributed by atoms with Crippen molar-refractivity contribution in [3.05, 3.63) is 47.5 Å². The fraction of sp³-hybridized carbons (Fsp3) is 0.125. The number of ether oxygens (including phenoxy) is 2. The van der Waals surface area contributed by atoms with Crippen LogP contribution in [-0.2, 0) is 0 Å². The van der Waals surface area contributed by atoms with Gasteiger partial charge in [-0.3, -0.25) is 4.79 Å². The summed E-state index contributed by atoms with van der Waals surface area (Å²) in [6.07, 6.45) is 0. The monoisotopic (exact) mass is 299 g/mol. The molecule has 0 aliphatic carbocycles. The van der Waals surface area contributed by atoms with Crippen molar-refractivity contribution in [2.75, 3.05) is 13.7 Å². The predicted molar refractivity (Wildman–Crippen MR) is 77.3 cm³/mol. The van der Waals surface area contributed by atoms with E-state index in [2.05, 4.69) is 0 Å². The Labute approximate surface area is 126 Å². The number of hydrogen-bond acceptors (Lipinski definition) is 6. The zero-order chi connectivity index (χ0) is 16.1. The van der Waals surface area contributed by atoms with Gasteiger partial charge in [-0.1, -0.05) is 0 Å². The number of nitriles is 1. The van der Waals surface area contributed by atoms with Gasteiger partial charge in [0.25, 0.3) is 0 Å². The molecule has 0 amide bonds. The number of aromatic hydroxyl groups is 2. The highest BCUT2D eigenvalue weighted by molar-refractivity contribution is 5.99. The van der Waals surface area contributed by atoms with Gasteiger partial charge in [0.2, 0.25) is 5.78 Å². The molecule has 22 heavy (non-hydrogen) atoms. The van der Waals surface area contributed by atoms with Crippen molar-refractivity contribution in [1.82, 2.24) is 0 Å². The minimum absolute atomic E-state index is 0.0467. The molecule has 0 fully saturated rings. The van der Waals surface area contributed by atoms with E-state index in [0.717, 1.165) is 6.07 Å². The molecular weight excluding hydrogens is 286 g/mol. The first-order chi connectivity index (χ1) is 10.5. The van der Waals surface area contributed by atoms with E-state index in [0.29, 0.717) is 17.1 Å². The van der Waals surface area contributed by atoms with E-state index in [1.165, 1.54) is 31.4 Å². The normalized spacial score (nSPS) is 9.82. The summed E-state index contributed by atoms with van der Waals surface area (Å²) in [5.41, 5.74) is 0.456. The lowest BCUT2D eigenvalue weighted by Crippen LogP contribution is -2.12. The van der Waals surface area contributed by atoms with Crippen LogP contribution in [-0.4, -0.2) is 29.7 Å². The van der Waals surface area contributed by atoms with Crippen LogP contribution in [0.4, 0.5) is 0 Å². The van der Waals surface area contributed by atoms with Crippen molar-refractivity contribution < 1.29 is 24.5 Å². The molecule has 112 valence electrons. The summed E-state index contributed by atoms with van der Waals surface area (Å²) in [5, 5.41) is 27.6. The molecule has 2 aromatic rings. The molecule has 0 unspecified atom stereocenters. The molecular formula is C16H13NO5. The van der Waals surface area contributed by atoms with E-state index in [4.69, 9.17) is 14.7 Å². The van der Waals surface area contributed by atoms with E-state index in [1.807, 2.05) is 6.07 Å². The summed E-state index contributed by atoms with van der Waals surface area (Å²) >= 11 is 0. The van der Waals surface area contributed by atoms with E-state index < -0.39 is 5.78 Å². The number of benzene rings is 2. The third-order valence-electron chi connectivity index (χ3n) is 2.93. The zero-order valence-corrected chi connectivity index (χ0v) is 11.7. The Morgan fingerprint density at radius 3 is 2.59 bits per heavy atom. The minimum atomic E-state index is -0.455. The van der Waals surface area contributed by atoms with Crippen molar-refractivity contribution in [3.63, 3.8) is 0 Å². The molecule has 0 radical (unpaired) electrons. The van der Waals surface area contributed by atoms with Gasteiger partial charge in [0.15, 0.2) is 18.1 Å². The SMILES string of the molecule is COc1cc(C#N)ccc1OCC(=O)c1ccc(O)cc1O. The summed E-state index contributed by atoms with van der Waals surface area (Å²) in [6, 6.07) is 10.2. The van der Waals surface area contributed by atoms with E-state index in [9.17, 15) is 15.0 Å². The number of phenolic OH excluding ortho intramolecular Hbond substituents is 2. The number of rotatable bonds is 5. The average Bonchev–Trinajstić information content (AvgIpc) is 2.52. The van der Waals surface area contributed by atoms with Gasteiger partial charge in [0.1, 0.15) is 11.5 Å². The Hall–Kier alpha value is -3.20. The standard InChI is InChI=1S/C16H13NO5/c1-21-16-6-10(8-17)2-5-15(16)22-9-14(20)12-4-3-11(18)7-13(12)19/h2-7,18-19H,9H2,1H3. The van der Waals surface area contributed by atoms with Gasteiger partial charge in [0.05, 0.1) is 24.3 Å². The smallest absolute Gasteiger partial charge is 0.203 e. The molecule has 0 saturated heterocycles.